The third-order valence-electron chi connectivity index (χ3n) is 2.98. The van der Waals surface area contributed by atoms with Crippen molar-refractivity contribution < 1.29 is 9.59 Å². The van der Waals surface area contributed by atoms with Gasteiger partial charge in [0.25, 0.3) is 0 Å². The molecule has 0 aliphatic rings. The number of allylic oxidation sites excluding steroid dienone is 1. The Morgan fingerprint density at radius 3 is 2.28 bits per heavy atom. The van der Waals surface area contributed by atoms with Gasteiger partial charge in [-0.05, 0) is 26.7 Å². The third kappa shape index (κ3) is 5.84. The number of carbonyl (C=O) groups is 2. The van der Waals surface area contributed by atoms with Gasteiger partial charge in [0.2, 0.25) is 11.8 Å². The Morgan fingerprint density at radius 2 is 1.89 bits per heavy atom. The number of amides is 2. The number of carbonyl (C=O) groups excluding carboxylic acids is 2. The van der Waals surface area contributed by atoms with E-state index in [9.17, 15) is 9.59 Å². The molecular formula is C14H26N2O2. The molecule has 0 saturated carbocycles. The largest absolute Gasteiger partial charge is 0.369 e. The molecule has 0 bridgehead atoms. The fourth-order valence-corrected chi connectivity index (χ4v) is 2.06. The minimum atomic E-state index is -0.395. The quantitative estimate of drug-likeness (QED) is 0.618. The summed E-state index contributed by atoms with van der Waals surface area (Å²) in [6.45, 7) is 10.2. The zero-order valence-electron chi connectivity index (χ0n) is 11.8. The first-order valence-corrected chi connectivity index (χ1v) is 6.65. The van der Waals surface area contributed by atoms with Crippen molar-refractivity contribution in [1.82, 2.24) is 5.32 Å². The third-order valence-corrected chi connectivity index (χ3v) is 2.98. The molecule has 104 valence electrons. The van der Waals surface area contributed by atoms with Crippen LogP contribution in [0, 0.1) is 11.8 Å². The van der Waals surface area contributed by atoms with Crippen LogP contribution < -0.4 is 11.1 Å². The molecule has 18 heavy (non-hydrogen) atoms. The highest BCUT2D eigenvalue weighted by Crippen LogP contribution is 2.24. The number of unbranched alkanes of at least 4 members (excludes halogenated alkanes) is 1. The monoisotopic (exact) mass is 254 g/mol. The maximum Gasteiger partial charge on any atom is 0.224 e. The van der Waals surface area contributed by atoms with Gasteiger partial charge in [-0.3, -0.25) is 9.59 Å². The van der Waals surface area contributed by atoms with Crippen LogP contribution >= 0.6 is 0 Å². The predicted octanol–water partition coefficient (Wildman–Crippen LogP) is 2.00. The van der Waals surface area contributed by atoms with Crippen molar-refractivity contribution in [2.45, 2.75) is 46.5 Å². The van der Waals surface area contributed by atoms with Gasteiger partial charge in [0, 0.05) is 12.5 Å². The Balaban J connectivity index is 4.90. The smallest absolute Gasteiger partial charge is 0.224 e. The van der Waals surface area contributed by atoms with Crippen LogP contribution in [0.1, 0.15) is 46.5 Å². The minimum absolute atomic E-state index is 0.0968. The highest BCUT2D eigenvalue weighted by atomic mass is 16.2. The van der Waals surface area contributed by atoms with Gasteiger partial charge in [-0.1, -0.05) is 25.3 Å². The van der Waals surface area contributed by atoms with Gasteiger partial charge in [0.15, 0.2) is 0 Å². The fraction of sp³-hybridized carbons (Fsp3) is 0.714. The maximum absolute atomic E-state index is 12.0. The SMILES string of the molecule is C=C(C)C[C@@H](C(=O)NCC)[C@H](CCCC)C(N)=O. The molecule has 0 rings (SSSR count). The molecule has 3 N–H and O–H groups in total. The lowest BCUT2D eigenvalue weighted by atomic mass is 9.82. The van der Waals surface area contributed by atoms with Crippen LogP contribution in [-0.4, -0.2) is 18.4 Å². The summed E-state index contributed by atoms with van der Waals surface area (Å²) in [7, 11) is 0. The summed E-state index contributed by atoms with van der Waals surface area (Å²) in [5.74, 6) is -1.26. The molecule has 0 heterocycles. The maximum atomic E-state index is 12.0. The van der Waals surface area contributed by atoms with Crippen LogP contribution in [0.15, 0.2) is 12.2 Å². The summed E-state index contributed by atoms with van der Waals surface area (Å²) >= 11 is 0. The molecule has 0 unspecified atom stereocenters. The Morgan fingerprint density at radius 1 is 1.28 bits per heavy atom. The van der Waals surface area contributed by atoms with E-state index >= 15 is 0 Å². The minimum Gasteiger partial charge on any atom is -0.369 e. The van der Waals surface area contributed by atoms with E-state index in [2.05, 4.69) is 18.8 Å². The molecule has 2 atom stereocenters. The number of primary amides is 1. The molecule has 2 amide bonds. The highest BCUT2D eigenvalue weighted by molar-refractivity contribution is 5.87. The molecule has 0 aromatic heterocycles. The van der Waals surface area contributed by atoms with Gasteiger partial charge >= 0.3 is 0 Å². The molecular weight excluding hydrogens is 228 g/mol. The number of hydrogen-bond donors (Lipinski definition) is 2. The molecule has 0 aromatic rings. The Hall–Kier alpha value is -1.32. The highest BCUT2D eigenvalue weighted by Gasteiger charge is 2.31. The van der Waals surface area contributed by atoms with Gasteiger partial charge in [0.05, 0.1) is 5.92 Å². The van der Waals surface area contributed by atoms with E-state index in [0.29, 0.717) is 19.4 Å². The van der Waals surface area contributed by atoms with Crippen molar-refractivity contribution in [2.75, 3.05) is 6.54 Å². The lowest BCUT2D eigenvalue weighted by Crippen LogP contribution is -2.40. The van der Waals surface area contributed by atoms with E-state index in [1.54, 1.807) is 0 Å². The van der Waals surface area contributed by atoms with Gasteiger partial charge in [-0.15, -0.1) is 6.58 Å². The second-order valence-corrected chi connectivity index (χ2v) is 4.81. The summed E-state index contributed by atoms with van der Waals surface area (Å²) in [6, 6.07) is 0. The van der Waals surface area contributed by atoms with Gasteiger partial charge in [-0.25, -0.2) is 0 Å². The molecule has 0 radical (unpaired) electrons. The molecule has 0 aromatic carbocycles. The van der Waals surface area contributed by atoms with Gasteiger partial charge in [0.1, 0.15) is 0 Å². The van der Waals surface area contributed by atoms with Crippen LogP contribution in [0.2, 0.25) is 0 Å². The number of nitrogens with two attached hydrogens (primary N) is 1. The standard InChI is InChI=1S/C14H26N2O2/c1-5-7-8-11(13(15)17)12(9-10(3)4)14(18)16-6-2/h11-12H,3,5-9H2,1-2,4H3,(H2,15,17)(H,16,18)/t11-,12+/m0/s1. The molecule has 0 spiro atoms. The lowest BCUT2D eigenvalue weighted by Gasteiger charge is -2.24. The lowest BCUT2D eigenvalue weighted by molar-refractivity contribution is -0.133. The van der Waals surface area contributed by atoms with Crippen LogP contribution in [0.25, 0.3) is 0 Å². The average molecular weight is 254 g/mol. The second-order valence-electron chi connectivity index (χ2n) is 4.81. The first kappa shape index (κ1) is 16.7. The zero-order valence-corrected chi connectivity index (χ0v) is 11.8. The van der Waals surface area contributed by atoms with Gasteiger partial charge in [-0.2, -0.15) is 0 Å². The first-order chi connectivity index (χ1) is 8.43. The zero-order chi connectivity index (χ0) is 14.1. The Bertz CT molecular complexity index is 300. The number of rotatable bonds is 9. The average Bonchev–Trinajstić information content (AvgIpc) is 2.27. The topological polar surface area (TPSA) is 72.2 Å². The van der Waals surface area contributed by atoms with Crippen molar-refractivity contribution in [3.63, 3.8) is 0 Å². The van der Waals surface area contributed by atoms with E-state index in [0.717, 1.165) is 18.4 Å². The van der Waals surface area contributed by atoms with Crippen LogP contribution in [0.4, 0.5) is 0 Å². The Kier molecular flexibility index (Phi) is 8.08. The molecule has 4 heteroatoms. The summed E-state index contributed by atoms with van der Waals surface area (Å²) in [5.41, 5.74) is 6.34. The van der Waals surface area contributed by atoms with Crippen LogP contribution in [0.5, 0.6) is 0 Å². The number of hydrogen-bond acceptors (Lipinski definition) is 2. The van der Waals surface area contributed by atoms with E-state index in [-0.39, 0.29) is 17.7 Å². The van der Waals surface area contributed by atoms with E-state index in [1.165, 1.54) is 0 Å². The summed E-state index contributed by atoms with van der Waals surface area (Å²) in [4.78, 5) is 23.6. The van der Waals surface area contributed by atoms with Gasteiger partial charge < -0.3 is 11.1 Å². The van der Waals surface area contributed by atoms with Crippen molar-refractivity contribution in [3.8, 4) is 0 Å². The summed E-state index contributed by atoms with van der Waals surface area (Å²) in [5, 5.41) is 2.77. The second kappa shape index (κ2) is 8.72. The fourth-order valence-electron chi connectivity index (χ4n) is 2.06. The van der Waals surface area contributed by atoms with Crippen LogP contribution in [-0.2, 0) is 9.59 Å². The molecule has 0 saturated heterocycles. The molecule has 0 aliphatic carbocycles. The van der Waals surface area contributed by atoms with E-state index in [4.69, 9.17) is 5.73 Å². The van der Waals surface area contributed by atoms with Crippen molar-refractivity contribution in [1.29, 1.82) is 0 Å². The normalized spacial score (nSPS) is 13.7. The van der Waals surface area contributed by atoms with E-state index in [1.807, 2.05) is 13.8 Å². The van der Waals surface area contributed by atoms with E-state index < -0.39 is 5.92 Å². The molecule has 0 fully saturated rings. The molecule has 0 aliphatic heterocycles. The van der Waals surface area contributed by atoms with Crippen molar-refractivity contribution in [3.05, 3.63) is 12.2 Å². The van der Waals surface area contributed by atoms with Crippen LogP contribution in [0.3, 0.4) is 0 Å². The first-order valence-electron chi connectivity index (χ1n) is 6.65. The summed E-state index contributed by atoms with van der Waals surface area (Å²) in [6.07, 6.45) is 3.07. The molecule has 4 nitrogen and oxygen atoms in total. The Labute approximate surface area is 110 Å². The van der Waals surface area contributed by atoms with Crippen molar-refractivity contribution in [2.24, 2.45) is 17.6 Å². The predicted molar refractivity (Wildman–Crippen MR) is 73.8 cm³/mol. The summed E-state index contributed by atoms with van der Waals surface area (Å²) < 4.78 is 0. The number of nitrogens with one attached hydrogen (secondary N) is 1. The van der Waals surface area contributed by atoms with Crippen molar-refractivity contribution >= 4 is 11.8 Å².